The van der Waals surface area contributed by atoms with Crippen molar-refractivity contribution in [1.29, 1.82) is 0 Å². The lowest BCUT2D eigenvalue weighted by atomic mass is 10.3. The maximum atomic E-state index is 13.0. The lowest BCUT2D eigenvalue weighted by Crippen LogP contribution is -2.52. The Morgan fingerprint density at radius 1 is 1.15 bits per heavy atom. The maximum absolute atomic E-state index is 13.0. The van der Waals surface area contributed by atoms with Crippen LogP contribution in [0.4, 0.5) is 5.69 Å². The number of piperazine rings is 1. The summed E-state index contributed by atoms with van der Waals surface area (Å²) in [4.78, 5) is 29.6. The molecule has 0 bridgehead atoms. The highest BCUT2D eigenvalue weighted by molar-refractivity contribution is 7.89. The topological polar surface area (TPSA) is 106 Å². The molecule has 0 atom stereocenters. The van der Waals surface area contributed by atoms with Gasteiger partial charge in [0.1, 0.15) is 0 Å². The summed E-state index contributed by atoms with van der Waals surface area (Å²) < 4.78 is 33.3. The third kappa shape index (κ3) is 2.92. The Labute approximate surface area is 154 Å². The second kappa shape index (κ2) is 6.32. The molecule has 9 nitrogen and oxygen atoms in total. The Kier molecular flexibility index (Phi) is 4.08. The zero-order valence-electron chi connectivity index (χ0n) is 14.4. The first-order chi connectivity index (χ1) is 12.9. The quantitative estimate of drug-likeness (QED) is 0.649. The fraction of sp³-hybridized carbons (Fsp3) is 0.235. The third-order valence-corrected chi connectivity index (χ3v) is 6.39. The molecule has 10 heteroatoms. The van der Waals surface area contributed by atoms with Gasteiger partial charge in [-0.1, -0.05) is 0 Å². The minimum atomic E-state index is -3.89. The van der Waals surface area contributed by atoms with E-state index in [-0.39, 0.29) is 30.4 Å². The monoisotopic (exact) mass is 388 g/mol. The first-order valence-electron chi connectivity index (χ1n) is 8.18. The van der Waals surface area contributed by atoms with E-state index in [9.17, 15) is 18.0 Å². The van der Waals surface area contributed by atoms with Crippen LogP contribution in [0.5, 0.6) is 0 Å². The van der Waals surface area contributed by atoms with Crippen molar-refractivity contribution in [2.24, 2.45) is 7.05 Å². The van der Waals surface area contributed by atoms with Crippen LogP contribution in [0.1, 0.15) is 0 Å². The van der Waals surface area contributed by atoms with E-state index in [1.165, 1.54) is 34.7 Å². The number of nitrogens with zero attached hydrogens (tertiary/aromatic N) is 4. The molecule has 0 N–H and O–H groups in total. The van der Waals surface area contributed by atoms with Gasteiger partial charge in [0.25, 0.3) is 0 Å². The molecule has 1 saturated heterocycles. The van der Waals surface area contributed by atoms with Crippen molar-refractivity contribution in [2.45, 2.75) is 4.90 Å². The van der Waals surface area contributed by atoms with Gasteiger partial charge in [-0.3, -0.25) is 14.3 Å². The van der Waals surface area contributed by atoms with Crippen molar-refractivity contribution < 1.29 is 17.6 Å². The Morgan fingerprint density at radius 2 is 1.96 bits per heavy atom. The van der Waals surface area contributed by atoms with Gasteiger partial charge in [0, 0.05) is 26.3 Å². The second-order valence-electron chi connectivity index (χ2n) is 6.15. The number of aryl methyl sites for hydroxylation is 1. The Balaban J connectivity index is 1.63. The number of fused-ring (bicyclic) bond motifs is 1. The standard InChI is InChI=1S/C17H16N4O5S/c1-19-14-9-13(4-5-15(14)26-17(19)23)27(24,25)20-7-8-21(16(22)11-20)12-3-2-6-18-10-12/h2-6,9-10H,7-8,11H2,1H3. The molecular formula is C17H16N4O5S. The van der Waals surface area contributed by atoms with Crippen LogP contribution in [-0.4, -0.2) is 47.8 Å². The van der Waals surface area contributed by atoms with Crippen LogP contribution in [0.25, 0.3) is 11.1 Å². The van der Waals surface area contributed by atoms with Gasteiger partial charge >= 0.3 is 5.76 Å². The normalized spacial score (nSPS) is 16.2. The third-order valence-electron chi connectivity index (χ3n) is 4.54. The van der Waals surface area contributed by atoms with Crippen molar-refractivity contribution >= 4 is 32.7 Å². The maximum Gasteiger partial charge on any atom is 0.419 e. The number of aromatic nitrogens is 2. The van der Waals surface area contributed by atoms with Crippen LogP contribution >= 0.6 is 0 Å². The van der Waals surface area contributed by atoms with E-state index in [1.54, 1.807) is 24.5 Å². The van der Waals surface area contributed by atoms with E-state index in [1.807, 2.05) is 0 Å². The number of benzene rings is 1. The number of anilines is 1. The van der Waals surface area contributed by atoms with Crippen LogP contribution in [0.2, 0.25) is 0 Å². The molecule has 1 aliphatic heterocycles. The smallest absolute Gasteiger partial charge is 0.408 e. The molecule has 1 fully saturated rings. The van der Waals surface area contributed by atoms with E-state index in [0.29, 0.717) is 16.8 Å². The van der Waals surface area contributed by atoms with Gasteiger partial charge in [-0.15, -0.1) is 0 Å². The summed E-state index contributed by atoms with van der Waals surface area (Å²) in [6.45, 7) is 0.126. The molecule has 0 spiro atoms. The molecule has 0 saturated carbocycles. The highest BCUT2D eigenvalue weighted by Crippen LogP contribution is 2.24. The van der Waals surface area contributed by atoms with E-state index in [2.05, 4.69) is 4.98 Å². The summed E-state index contributed by atoms with van der Waals surface area (Å²) in [7, 11) is -2.39. The van der Waals surface area contributed by atoms with Crippen LogP contribution in [-0.2, 0) is 21.9 Å². The lowest BCUT2D eigenvalue weighted by Gasteiger charge is -2.33. The van der Waals surface area contributed by atoms with Crippen LogP contribution in [0.3, 0.4) is 0 Å². The number of carbonyl (C=O) groups excluding carboxylic acids is 1. The molecule has 27 heavy (non-hydrogen) atoms. The largest absolute Gasteiger partial charge is 0.419 e. The summed E-state index contributed by atoms with van der Waals surface area (Å²) >= 11 is 0. The summed E-state index contributed by atoms with van der Waals surface area (Å²) in [6.07, 6.45) is 3.17. The summed E-state index contributed by atoms with van der Waals surface area (Å²) in [5, 5.41) is 0. The highest BCUT2D eigenvalue weighted by Gasteiger charge is 2.33. The number of rotatable bonds is 3. The van der Waals surface area contributed by atoms with Gasteiger partial charge < -0.3 is 9.32 Å². The lowest BCUT2D eigenvalue weighted by molar-refractivity contribution is -0.119. The fourth-order valence-electron chi connectivity index (χ4n) is 3.06. The molecule has 3 aromatic rings. The Morgan fingerprint density at radius 3 is 2.67 bits per heavy atom. The molecule has 1 amide bonds. The molecule has 0 aliphatic carbocycles. The summed E-state index contributed by atoms with van der Waals surface area (Å²) in [6, 6.07) is 7.67. The molecule has 140 valence electrons. The molecule has 2 aromatic heterocycles. The van der Waals surface area contributed by atoms with Crippen LogP contribution in [0.15, 0.2) is 56.8 Å². The first kappa shape index (κ1) is 17.4. The average molecular weight is 388 g/mol. The number of pyridine rings is 1. The van der Waals surface area contributed by atoms with Crippen molar-refractivity contribution in [2.75, 3.05) is 24.5 Å². The highest BCUT2D eigenvalue weighted by atomic mass is 32.2. The molecule has 0 radical (unpaired) electrons. The summed E-state index contributed by atoms with van der Waals surface area (Å²) in [5.41, 5.74) is 1.31. The second-order valence-corrected chi connectivity index (χ2v) is 8.09. The first-order valence-corrected chi connectivity index (χ1v) is 9.62. The van der Waals surface area contributed by atoms with E-state index in [4.69, 9.17) is 4.42 Å². The fourth-order valence-corrected chi connectivity index (χ4v) is 4.46. The minimum absolute atomic E-state index is 0.00836. The van der Waals surface area contributed by atoms with Crippen molar-refractivity contribution in [3.63, 3.8) is 0 Å². The number of hydrogen-bond donors (Lipinski definition) is 0. The van der Waals surface area contributed by atoms with Gasteiger partial charge in [0.05, 0.1) is 28.8 Å². The minimum Gasteiger partial charge on any atom is -0.408 e. The Bertz CT molecular complexity index is 1180. The van der Waals surface area contributed by atoms with Crippen molar-refractivity contribution in [1.82, 2.24) is 13.9 Å². The number of oxazole rings is 1. The van der Waals surface area contributed by atoms with Gasteiger partial charge in [0.15, 0.2) is 5.58 Å². The predicted molar refractivity (Wildman–Crippen MR) is 96.8 cm³/mol. The molecule has 1 aliphatic rings. The number of amides is 1. The Hall–Kier alpha value is -2.98. The molecular weight excluding hydrogens is 372 g/mol. The zero-order chi connectivity index (χ0) is 19.2. The predicted octanol–water partition coefficient (Wildman–Crippen LogP) is 0.564. The molecule has 0 unspecified atom stereocenters. The van der Waals surface area contributed by atoms with E-state index < -0.39 is 15.8 Å². The SMILES string of the molecule is Cn1c(=O)oc2ccc(S(=O)(=O)N3CCN(c4cccnc4)C(=O)C3)cc21. The van der Waals surface area contributed by atoms with Crippen LogP contribution < -0.4 is 10.7 Å². The van der Waals surface area contributed by atoms with Gasteiger partial charge in [-0.05, 0) is 30.3 Å². The number of hydrogen-bond acceptors (Lipinski definition) is 6. The molecule has 3 heterocycles. The van der Waals surface area contributed by atoms with Gasteiger partial charge in [-0.2, -0.15) is 4.31 Å². The number of carbonyl (C=O) groups is 1. The molecule has 1 aromatic carbocycles. The van der Waals surface area contributed by atoms with Crippen molar-refractivity contribution in [3.8, 4) is 0 Å². The van der Waals surface area contributed by atoms with Crippen LogP contribution in [0, 0.1) is 0 Å². The summed E-state index contributed by atoms with van der Waals surface area (Å²) in [5.74, 6) is -0.894. The zero-order valence-corrected chi connectivity index (χ0v) is 15.2. The molecule has 4 rings (SSSR count). The van der Waals surface area contributed by atoms with E-state index in [0.717, 1.165) is 4.31 Å². The van der Waals surface area contributed by atoms with Crippen molar-refractivity contribution in [3.05, 3.63) is 53.3 Å². The van der Waals surface area contributed by atoms with Gasteiger partial charge in [-0.25, -0.2) is 13.2 Å². The average Bonchev–Trinajstić information content (AvgIpc) is 2.96. The van der Waals surface area contributed by atoms with E-state index >= 15 is 0 Å². The number of sulfonamides is 1. The van der Waals surface area contributed by atoms with Gasteiger partial charge in [0.2, 0.25) is 15.9 Å².